The molecular weight excluding hydrogens is 376 g/mol. The van der Waals surface area contributed by atoms with Crippen LogP contribution in [-0.2, 0) is 0 Å². The van der Waals surface area contributed by atoms with Crippen LogP contribution in [0.15, 0.2) is 67.1 Å². The number of amides is 1. The van der Waals surface area contributed by atoms with Gasteiger partial charge in [-0.3, -0.25) is 4.79 Å². The molecule has 2 aromatic heterocycles. The Labute approximate surface area is 174 Å². The first-order valence-corrected chi connectivity index (χ1v) is 10.1. The molecule has 4 aromatic rings. The molecule has 0 spiro atoms. The lowest BCUT2D eigenvalue weighted by Gasteiger charge is -2.35. The third-order valence-electron chi connectivity index (χ3n) is 5.48. The minimum Gasteiger partial charge on any atom is -0.352 e. The second kappa shape index (κ2) is 7.59. The van der Waals surface area contributed by atoms with Gasteiger partial charge in [0.25, 0.3) is 5.91 Å². The lowest BCUT2D eigenvalue weighted by molar-refractivity contribution is 0.0746. The van der Waals surface area contributed by atoms with E-state index in [-0.39, 0.29) is 5.91 Å². The number of hydrogen-bond donors (Lipinski definition) is 0. The number of para-hydroxylation sites is 1. The van der Waals surface area contributed by atoms with Crippen molar-refractivity contribution < 1.29 is 4.79 Å². The van der Waals surface area contributed by atoms with Crippen molar-refractivity contribution in [2.24, 2.45) is 0 Å². The van der Waals surface area contributed by atoms with Crippen molar-refractivity contribution in [1.29, 1.82) is 0 Å². The van der Waals surface area contributed by atoms with Crippen LogP contribution in [0.1, 0.15) is 15.9 Å². The van der Waals surface area contributed by atoms with E-state index in [9.17, 15) is 4.79 Å². The molecule has 1 aliphatic rings. The quantitative estimate of drug-likeness (QED) is 0.531. The lowest BCUT2D eigenvalue weighted by Crippen LogP contribution is -2.49. The second-order valence-corrected chi connectivity index (χ2v) is 7.48. The highest BCUT2D eigenvalue weighted by molar-refractivity contribution is 5.94. The molecular formula is C23H22N6O. The van der Waals surface area contributed by atoms with E-state index in [1.54, 1.807) is 6.33 Å². The first kappa shape index (κ1) is 18.3. The van der Waals surface area contributed by atoms with Crippen molar-refractivity contribution in [2.45, 2.75) is 6.92 Å². The highest BCUT2D eigenvalue weighted by atomic mass is 16.2. The van der Waals surface area contributed by atoms with Gasteiger partial charge in [-0.25, -0.2) is 14.6 Å². The number of aromatic nitrogens is 4. The Balaban J connectivity index is 1.36. The number of nitrogens with zero attached hydrogens (tertiary/aromatic N) is 6. The van der Waals surface area contributed by atoms with Gasteiger partial charge in [0.2, 0.25) is 0 Å². The summed E-state index contributed by atoms with van der Waals surface area (Å²) in [7, 11) is 0. The van der Waals surface area contributed by atoms with Crippen molar-refractivity contribution in [3.05, 3.63) is 78.2 Å². The number of piperazine rings is 1. The van der Waals surface area contributed by atoms with Crippen LogP contribution in [0.25, 0.3) is 16.7 Å². The molecule has 0 atom stereocenters. The van der Waals surface area contributed by atoms with Gasteiger partial charge in [-0.05, 0) is 31.2 Å². The van der Waals surface area contributed by atoms with Crippen molar-refractivity contribution in [2.75, 3.05) is 31.1 Å². The molecule has 0 saturated carbocycles. The number of carbonyl (C=O) groups is 1. The van der Waals surface area contributed by atoms with Gasteiger partial charge >= 0.3 is 0 Å². The zero-order chi connectivity index (χ0) is 20.5. The van der Waals surface area contributed by atoms with Crippen molar-refractivity contribution in [1.82, 2.24) is 24.6 Å². The SMILES string of the molecule is Cc1cccc(C(=O)N2CCN(c3ncnc4c3cnn4-c3ccccc3)CC2)c1. The standard InChI is InChI=1S/C23H22N6O/c1-17-6-5-7-18(14-17)23(30)28-12-10-27(11-13-28)21-20-15-26-29(22(20)25-16-24-21)19-8-3-2-4-9-19/h2-9,14-16H,10-13H2,1H3. The van der Waals surface area contributed by atoms with Gasteiger partial charge in [0, 0.05) is 31.7 Å². The first-order chi connectivity index (χ1) is 14.7. The molecule has 0 unspecified atom stereocenters. The fraction of sp³-hybridized carbons (Fsp3) is 0.217. The smallest absolute Gasteiger partial charge is 0.253 e. The monoisotopic (exact) mass is 398 g/mol. The van der Waals surface area contributed by atoms with E-state index >= 15 is 0 Å². The molecule has 7 nitrogen and oxygen atoms in total. The van der Waals surface area contributed by atoms with E-state index in [0.29, 0.717) is 13.1 Å². The third kappa shape index (κ3) is 3.28. The summed E-state index contributed by atoms with van der Waals surface area (Å²) in [4.78, 5) is 26.0. The third-order valence-corrected chi connectivity index (χ3v) is 5.48. The van der Waals surface area contributed by atoms with Gasteiger partial charge in [0.05, 0.1) is 17.3 Å². The van der Waals surface area contributed by atoms with Crippen LogP contribution in [0.5, 0.6) is 0 Å². The molecule has 1 fully saturated rings. The van der Waals surface area contributed by atoms with Crippen molar-refractivity contribution in [3.63, 3.8) is 0 Å². The first-order valence-electron chi connectivity index (χ1n) is 10.1. The molecule has 30 heavy (non-hydrogen) atoms. The summed E-state index contributed by atoms with van der Waals surface area (Å²) in [6.07, 6.45) is 3.41. The maximum absolute atomic E-state index is 12.8. The zero-order valence-corrected chi connectivity index (χ0v) is 16.8. The Kier molecular flexibility index (Phi) is 4.63. The molecule has 2 aromatic carbocycles. The van der Waals surface area contributed by atoms with Gasteiger partial charge in [0.15, 0.2) is 5.65 Å². The summed E-state index contributed by atoms with van der Waals surface area (Å²) in [5, 5.41) is 5.45. The Morgan fingerprint density at radius 1 is 0.933 bits per heavy atom. The summed E-state index contributed by atoms with van der Waals surface area (Å²) >= 11 is 0. The molecule has 1 aliphatic heterocycles. The summed E-state index contributed by atoms with van der Waals surface area (Å²) in [6, 6.07) is 17.7. The van der Waals surface area contributed by atoms with Crippen LogP contribution >= 0.6 is 0 Å². The maximum Gasteiger partial charge on any atom is 0.253 e. The molecule has 0 bridgehead atoms. The number of hydrogen-bond acceptors (Lipinski definition) is 5. The summed E-state index contributed by atoms with van der Waals surface area (Å²) < 4.78 is 1.83. The van der Waals surface area contributed by atoms with Crippen LogP contribution in [0.4, 0.5) is 5.82 Å². The number of fused-ring (bicyclic) bond motifs is 1. The predicted molar refractivity (Wildman–Crippen MR) is 116 cm³/mol. The topological polar surface area (TPSA) is 67.2 Å². The molecule has 1 saturated heterocycles. The van der Waals surface area contributed by atoms with Crippen LogP contribution < -0.4 is 4.90 Å². The average Bonchev–Trinajstić information content (AvgIpc) is 3.24. The van der Waals surface area contributed by atoms with Gasteiger partial charge < -0.3 is 9.80 Å². The molecule has 3 heterocycles. The van der Waals surface area contributed by atoms with Crippen molar-refractivity contribution >= 4 is 22.8 Å². The van der Waals surface area contributed by atoms with E-state index in [1.165, 1.54) is 0 Å². The van der Waals surface area contributed by atoms with Crippen LogP contribution in [0.2, 0.25) is 0 Å². The number of benzene rings is 2. The van der Waals surface area contributed by atoms with E-state index in [0.717, 1.165) is 46.8 Å². The molecule has 1 amide bonds. The minimum atomic E-state index is 0.0862. The lowest BCUT2D eigenvalue weighted by atomic mass is 10.1. The van der Waals surface area contributed by atoms with Crippen LogP contribution in [0, 0.1) is 6.92 Å². The second-order valence-electron chi connectivity index (χ2n) is 7.48. The molecule has 0 aliphatic carbocycles. The fourth-order valence-electron chi connectivity index (χ4n) is 3.92. The van der Waals surface area contributed by atoms with Crippen LogP contribution in [0.3, 0.4) is 0 Å². The molecule has 0 radical (unpaired) electrons. The highest BCUT2D eigenvalue weighted by Gasteiger charge is 2.25. The number of anilines is 1. The molecule has 7 heteroatoms. The van der Waals surface area contributed by atoms with Gasteiger partial charge in [-0.2, -0.15) is 5.10 Å². The molecule has 150 valence electrons. The van der Waals surface area contributed by atoms with Crippen LogP contribution in [-0.4, -0.2) is 56.7 Å². The normalized spacial score (nSPS) is 14.3. The Hall–Kier alpha value is -3.74. The Morgan fingerprint density at radius 2 is 1.73 bits per heavy atom. The zero-order valence-electron chi connectivity index (χ0n) is 16.8. The van der Waals surface area contributed by atoms with Gasteiger partial charge in [-0.15, -0.1) is 0 Å². The largest absolute Gasteiger partial charge is 0.352 e. The average molecular weight is 398 g/mol. The number of aryl methyl sites for hydroxylation is 1. The van der Waals surface area contributed by atoms with E-state index < -0.39 is 0 Å². The highest BCUT2D eigenvalue weighted by Crippen LogP contribution is 2.25. The van der Waals surface area contributed by atoms with Gasteiger partial charge in [0.1, 0.15) is 12.1 Å². The Morgan fingerprint density at radius 3 is 2.50 bits per heavy atom. The van der Waals surface area contributed by atoms with E-state index in [4.69, 9.17) is 0 Å². The minimum absolute atomic E-state index is 0.0862. The summed E-state index contributed by atoms with van der Waals surface area (Å²) in [6.45, 7) is 4.77. The number of rotatable bonds is 3. The fourth-order valence-corrected chi connectivity index (χ4v) is 3.92. The predicted octanol–water partition coefficient (Wildman–Crippen LogP) is 3.09. The van der Waals surface area contributed by atoms with Crippen molar-refractivity contribution in [3.8, 4) is 5.69 Å². The van der Waals surface area contributed by atoms with E-state index in [2.05, 4.69) is 20.0 Å². The summed E-state index contributed by atoms with van der Waals surface area (Å²) in [5.41, 5.74) is 3.59. The molecule has 0 N–H and O–H groups in total. The Bertz CT molecular complexity index is 1190. The molecule has 5 rings (SSSR count). The maximum atomic E-state index is 12.8. The number of carbonyl (C=O) groups excluding carboxylic acids is 1. The van der Waals surface area contributed by atoms with E-state index in [1.807, 2.05) is 77.3 Å². The van der Waals surface area contributed by atoms with Gasteiger partial charge in [-0.1, -0.05) is 35.9 Å². The summed E-state index contributed by atoms with van der Waals surface area (Å²) in [5.74, 6) is 0.952.